The van der Waals surface area contributed by atoms with Crippen LogP contribution >= 0.6 is 23.2 Å². The molecule has 0 saturated carbocycles. The molecule has 0 fully saturated rings. The molecule has 0 bridgehead atoms. The molecular weight excluding hydrogens is 425 g/mol. The summed E-state index contributed by atoms with van der Waals surface area (Å²) in [7, 11) is -9.21. The lowest BCUT2D eigenvalue weighted by Gasteiger charge is -2.09. The van der Waals surface area contributed by atoms with Crippen LogP contribution in [0, 0.1) is 11.6 Å². The second-order valence-electron chi connectivity index (χ2n) is 4.37. The van der Waals surface area contributed by atoms with Gasteiger partial charge in [0.05, 0.1) is 10.0 Å². The summed E-state index contributed by atoms with van der Waals surface area (Å²) < 4.78 is 83.0. The fourth-order valence-corrected chi connectivity index (χ4v) is 4.24. The molecule has 2 aromatic rings. The molecule has 0 spiro atoms. The Morgan fingerprint density at radius 2 is 1.12 bits per heavy atom. The third-order valence-electron chi connectivity index (χ3n) is 2.78. The van der Waals surface area contributed by atoms with Gasteiger partial charge in [-0.05, 0) is 24.3 Å². The maximum atomic E-state index is 13.3. The van der Waals surface area contributed by atoms with E-state index in [0.29, 0.717) is 0 Å². The number of hydrogen-bond acceptors (Lipinski definition) is 6. The van der Waals surface area contributed by atoms with Crippen molar-refractivity contribution >= 4 is 43.4 Å². The molecule has 0 aliphatic heterocycles. The van der Waals surface area contributed by atoms with Crippen LogP contribution in [0.5, 0.6) is 0 Å². The minimum atomic E-state index is -4.60. The summed E-state index contributed by atoms with van der Waals surface area (Å²) in [5, 5.41) is -1.45. The highest BCUT2D eigenvalue weighted by molar-refractivity contribution is 7.87. The molecule has 0 atom stereocenters. The van der Waals surface area contributed by atoms with Crippen molar-refractivity contribution in [2.75, 3.05) is 6.79 Å². The molecule has 0 N–H and O–H groups in total. The number of halogens is 4. The van der Waals surface area contributed by atoms with E-state index in [9.17, 15) is 25.6 Å². The van der Waals surface area contributed by atoms with E-state index in [-0.39, 0.29) is 0 Å². The van der Waals surface area contributed by atoms with Gasteiger partial charge in [0.15, 0.2) is 6.79 Å². The molecule has 0 heterocycles. The van der Waals surface area contributed by atoms with E-state index in [1.165, 1.54) is 0 Å². The molecule has 6 nitrogen and oxygen atoms in total. The smallest absolute Gasteiger partial charge is 0.236 e. The van der Waals surface area contributed by atoms with Crippen molar-refractivity contribution in [3.8, 4) is 0 Å². The van der Waals surface area contributed by atoms with Gasteiger partial charge in [0.2, 0.25) is 0 Å². The molecule has 2 aromatic carbocycles. The Labute approximate surface area is 152 Å². The third kappa shape index (κ3) is 4.46. The SMILES string of the molecule is O=S(=O)(OCOS(=O)(=O)c1cccc(F)c1Cl)c1cccc(F)c1Cl. The topological polar surface area (TPSA) is 86.7 Å². The Bertz CT molecular complexity index is 928. The first-order valence-electron chi connectivity index (χ1n) is 6.23. The van der Waals surface area contributed by atoms with Crippen molar-refractivity contribution < 1.29 is 34.0 Å². The average molecular weight is 433 g/mol. The molecule has 0 aliphatic carbocycles. The van der Waals surface area contributed by atoms with Crippen LogP contribution in [0.15, 0.2) is 46.2 Å². The zero-order chi connectivity index (χ0) is 18.8. The fraction of sp³-hybridized carbons (Fsp3) is 0.0769. The largest absolute Gasteiger partial charge is 0.300 e. The molecule has 0 aliphatic rings. The van der Waals surface area contributed by atoms with Crippen molar-refractivity contribution in [1.82, 2.24) is 0 Å². The van der Waals surface area contributed by atoms with Crippen LogP contribution in [0.4, 0.5) is 8.78 Å². The standard InChI is InChI=1S/C13H8Cl2F2O6S2/c14-12-8(16)3-1-5-10(12)24(18,19)22-7-23-25(20,21)11-6-2-4-9(17)13(11)15/h1-6H,7H2. The second-order valence-corrected chi connectivity index (χ2v) is 8.29. The van der Waals surface area contributed by atoms with Gasteiger partial charge in [-0.1, -0.05) is 35.3 Å². The summed E-state index contributed by atoms with van der Waals surface area (Å²) in [5.41, 5.74) is 0. The number of hydrogen-bond donors (Lipinski definition) is 0. The second kappa shape index (κ2) is 7.52. The van der Waals surface area contributed by atoms with Crippen LogP contribution in [0.2, 0.25) is 10.0 Å². The summed E-state index contributed by atoms with van der Waals surface area (Å²) in [5.74, 6) is -2.02. The van der Waals surface area contributed by atoms with Crippen molar-refractivity contribution in [3.05, 3.63) is 58.1 Å². The van der Waals surface area contributed by atoms with Gasteiger partial charge in [-0.25, -0.2) is 17.1 Å². The highest BCUT2D eigenvalue weighted by Gasteiger charge is 2.25. The quantitative estimate of drug-likeness (QED) is 0.513. The zero-order valence-corrected chi connectivity index (χ0v) is 15.1. The molecule has 2 rings (SSSR count). The maximum Gasteiger partial charge on any atom is 0.300 e. The Kier molecular flexibility index (Phi) is 6.02. The number of benzene rings is 2. The summed E-state index contributed by atoms with van der Waals surface area (Å²) in [4.78, 5) is -1.42. The highest BCUT2D eigenvalue weighted by Crippen LogP contribution is 2.27. The van der Waals surface area contributed by atoms with Gasteiger partial charge in [-0.2, -0.15) is 16.8 Å². The van der Waals surface area contributed by atoms with E-state index in [1.807, 2.05) is 0 Å². The van der Waals surface area contributed by atoms with Crippen LogP contribution < -0.4 is 0 Å². The van der Waals surface area contributed by atoms with Crippen LogP contribution in [-0.2, 0) is 28.6 Å². The first-order valence-corrected chi connectivity index (χ1v) is 9.80. The lowest BCUT2D eigenvalue weighted by molar-refractivity contribution is 0.132. The van der Waals surface area contributed by atoms with Crippen molar-refractivity contribution in [1.29, 1.82) is 0 Å². The van der Waals surface area contributed by atoms with Gasteiger partial charge < -0.3 is 0 Å². The van der Waals surface area contributed by atoms with Crippen LogP contribution in [0.3, 0.4) is 0 Å². The van der Waals surface area contributed by atoms with Gasteiger partial charge in [0, 0.05) is 0 Å². The highest BCUT2D eigenvalue weighted by atomic mass is 35.5. The van der Waals surface area contributed by atoms with Crippen molar-refractivity contribution in [2.45, 2.75) is 9.79 Å². The molecule has 136 valence electrons. The summed E-state index contributed by atoms with van der Waals surface area (Å²) >= 11 is 11.1. The molecule has 25 heavy (non-hydrogen) atoms. The Morgan fingerprint density at radius 3 is 1.48 bits per heavy atom. The van der Waals surface area contributed by atoms with E-state index < -0.39 is 58.5 Å². The van der Waals surface area contributed by atoms with E-state index in [4.69, 9.17) is 23.2 Å². The van der Waals surface area contributed by atoms with Gasteiger partial charge in [0.1, 0.15) is 21.4 Å². The van der Waals surface area contributed by atoms with Crippen molar-refractivity contribution in [3.63, 3.8) is 0 Å². The van der Waals surface area contributed by atoms with E-state index in [1.54, 1.807) is 0 Å². The normalized spacial score (nSPS) is 12.3. The van der Waals surface area contributed by atoms with Crippen LogP contribution in [0.1, 0.15) is 0 Å². The minimum absolute atomic E-state index is 0.709. The lowest BCUT2D eigenvalue weighted by Crippen LogP contribution is -2.15. The maximum absolute atomic E-state index is 13.3. The monoisotopic (exact) mass is 432 g/mol. The van der Waals surface area contributed by atoms with E-state index in [0.717, 1.165) is 36.4 Å². The molecule has 0 unspecified atom stereocenters. The van der Waals surface area contributed by atoms with Crippen LogP contribution in [0.25, 0.3) is 0 Å². The summed E-state index contributed by atoms with van der Waals surface area (Å²) in [6, 6.07) is 5.91. The van der Waals surface area contributed by atoms with Crippen LogP contribution in [-0.4, -0.2) is 23.6 Å². The predicted molar refractivity (Wildman–Crippen MR) is 84.2 cm³/mol. The van der Waals surface area contributed by atoms with Gasteiger partial charge in [-0.15, -0.1) is 0 Å². The van der Waals surface area contributed by atoms with Crippen molar-refractivity contribution in [2.24, 2.45) is 0 Å². The lowest BCUT2D eigenvalue weighted by atomic mass is 10.3. The first kappa shape index (κ1) is 20.0. The van der Waals surface area contributed by atoms with Gasteiger partial charge >= 0.3 is 20.2 Å². The third-order valence-corrected chi connectivity index (χ3v) is 6.34. The Balaban J connectivity index is 2.16. The molecular formula is C13H8Cl2F2O6S2. The predicted octanol–water partition coefficient (Wildman–Crippen LogP) is 3.34. The first-order chi connectivity index (χ1) is 11.6. The molecule has 12 heteroatoms. The zero-order valence-electron chi connectivity index (χ0n) is 11.9. The summed E-state index contributed by atoms with van der Waals surface area (Å²) in [6.45, 7) is -1.29. The Hall–Kier alpha value is -1.30. The van der Waals surface area contributed by atoms with Gasteiger partial charge in [-0.3, -0.25) is 0 Å². The number of rotatable bonds is 6. The average Bonchev–Trinajstić information content (AvgIpc) is 2.52. The summed E-state index contributed by atoms with van der Waals surface area (Å²) in [6.07, 6.45) is 0. The van der Waals surface area contributed by atoms with Gasteiger partial charge in [0.25, 0.3) is 0 Å². The molecule has 0 aromatic heterocycles. The van der Waals surface area contributed by atoms with E-state index in [2.05, 4.69) is 8.37 Å². The fourth-order valence-electron chi connectivity index (χ4n) is 1.63. The molecule has 0 radical (unpaired) electrons. The molecule has 0 amide bonds. The van der Waals surface area contributed by atoms with E-state index >= 15 is 0 Å². The Morgan fingerprint density at radius 1 is 0.760 bits per heavy atom. The minimum Gasteiger partial charge on any atom is -0.236 e. The molecule has 0 saturated heterocycles.